The van der Waals surface area contributed by atoms with E-state index in [0.717, 1.165) is 16.9 Å². The molecule has 0 aliphatic carbocycles. The highest BCUT2D eigenvalue weighted by Crippen LogP contribution is 2.27. The average Bonchev–Trinajstić information content (AvgIpc) is 2.82. The zero-order chi connectivity index (χ0) is 16.4. The summed E-state index contributed by atoms with van der Waals surface area (Å²) in [6.45, 7) is 1.87. The molecule has 1 aromatic heterocycles. The quantitative estimate of drug-likeness (QED) is 0.909. The number of para-hydroxylation sites is 1. The topological polar surface area (TPSA) is 76.0 Å². The Morgan fingerprint density at radius 1 is 1.43 bits per heavy atom. The highest BCUT2D eigenvalue weighted by molar-refractivity contribution is 5.96. The lowest BCUT2D eigenvalue weighted by Crippen LogP contribution is -2.30. The van der Waals surface area contributed by atoms with Crippen molar-refractivity contribution in [2.75, 3.05) is 10.6 Å². The monoisotopic (exact) mass is 312 g/mol. The van der Waals surface area contributed by atoms with E-state index >= 15 is 0 Å². The number of fused-ring (bicyclic) bond motifs is 1. The van der Waals surface area contributed by atoms with Crippen LogP contribution in [0.25, 0.3) is 0 Å². The summed E-state index contributed by atoms with van der Waals surface area (Å²) in [6, 6.07) is 9.61. The van der Waals surface area contributed by atoms with Gasteiger partial charge in [0, 0.05) is 31.1 Å². The van der Waals surface area contributed by atoms with Crippen molar-refractivity contribution in [3.63, 3.8) is 0 Å². The molecule has 1 aromatic carbocycles. The van der Waals surface area contributed by atoms with Crippen molar-refractivity contribution in [3.8, 4) is 0 Å². The van der Waals surface area contributed by atoms with Crippen molar-refractivity contribution in [3.05, 3.63) is 41.6 Å². The van der Waals surface area contributed by atoms with Gasteiger partial charge in [0.2, 0.25) is 11.8 Å². The van der Waals surface area contributed by atoms with Gasteiger partial charge in [-0.1, -0.05) is 18.2 Å². The Bertz CT molecular complexity index is 751. The SMILES string of the molecule is Cc1cc(NC(=O)CCC2Cc3ccccc3NC2=O)n(C)n1. The summed E-state index contributed by atoms with van der Waals surface area (Å²) in [4.78, 5) is 24.2. The second kappa shape index (κ2) is 6.24. The molecular weight excluding hydrogens is 292 g/mol. The summed E-state index contributed by atoms with van der Waals surface area (Å²) in [7, 11) is 1.79. The Morgan fingerprint density at radius 3 is 2.96 bits per heavy atom. The molecule has 2 aromatic rings. The maximum absolute atomic E-state index is 12.1. The molecule has 2 N–H and O–H groups in total. The Morgan fingerprint density at radius 2 is 2.22 bits per heavy atom. The van der Waals surface area contributed by atoms with Crippen LogP contribution in [0.15, 0.2) is 30.3 Å². The number of benzene rings is 1. The number of nitrogens with zero attached hydrogens (tertiary/aromatic N) is 2. The van der Waals surface area contributed by atoms with Gasteiger partial charge in [-0.05, 0) is 31.4 Å². The van der Waals surface area contributed by atoms with E-state index in [-0.39, 0.29) is 17.7 Å². The molecule has 1 atom stereocenters. The molecule has 6 heteroatoms. The zero-order valence-electron chi connectivity index (χ0n) is 13.3. The van der Waals surface area contributed by atoms with Gasteiger partial charge >= 0.3 is 0 Å². The van der Waals surface area contributed by atoms with E-state index < -0.39 is 0 Å². The van der Waals surface area contributed by atoms with E-state index in [2.05, 4.69) is 15.7 Å². The van der Waals surface area contributed by atoms with Gasteiger partial charge in [0.15, 0.2) is 0 Å². The zero-order valence-corrected chi connectivity index (χ0v) is 13.3. The minimum absolute atomic E-state index is 0.00659. The van der Waals surface area contributed by atoms with Crippen LogP contribution in [0.2, 0.25) is 0 Å². The van der Waals surface area contributed by atoms with Crippen LogP contribution in [0, 0.1) is 12.8 Å². The molecule has 2 heterocycles. The minimum atomic E-state index is -0.163. The number of hydrogen-bond donors (Lipinski definition) is 2. The molecule has 0 fully saturated rings. The summed E-state index contributed by atoms with van der Waals surface area (Å²) in [5.74, 6) is 0.405. The molecule has 1 aliphatic rings. The highest BCUT2D eigenvalue weighted by Gasteiger charge is 2.26. The molecule has 23 heavy (non-hydrogen) atoms. The van der Waals surface area contributed by atoms with Gasteiger partial charge in [-0.3, -0.25) is 14.3 Å². The van der Waals surface area contributed by atoms with Crippen molar-refractivity contribution in [1.29, 1.82) is 0 Å². The normalized spacial score (nSPS) is 16.6. The van der Waals surface area contributed by atoms with Crippen molar-refractivity contribution >= 4 is 23.3 Å². The minimum Gasteiger partial charge on any atom is -0.326 e. The number of aromatic nitrogens is 2. The molecule has 0 bridgehead atoms. The molecule has 0 saturated carbocycles. The first-order valence-corrected chi connectivity index (χ1v) is 7.72. The van der Waals surface area contributed by atoms with Crippen LogP contribution in [0.4, 0.5) is 11.5 Å². The van der Waals surface area contributed by atoms with Gasteiger partial charge in [0.05, 0.1) is 5.69 Å². The van der Waals surface area contributed by atoms with E-state index in [1.54, 1.807) is 11.7 Å². The number of carbonyl (C=O) groups is 2. The standard InChI is InChI=1S/C17H20N4O2/c1-11-9-15(21(2)20-11)19-16(22)8-7-13-10-12-5-3-4-6-14(12)18-17(13)23/h3-6,9,13H,7-8,10H2,1-2H3,(H,18,23)(H,19,22). The summed E-state index contributed by atoms with van der Waals surface area (Å²) >= 11 is 0. The number of amides is 2. The van der Waals surface area contributed by atoms with E-state index in [4.69, 9.17) is 0 Å². The fourth-order valence-corrected chi connectivity index (χ4v) is 2.88. The maximum Gasteiger partial charge on any atom is 0.227 e. The van der Waals surface area contributed by atoms with Gasteiger partial charge in [-0.2, -0.15) is 5.10 Å². The summed E-state index contributed by atoms with van der Waals surface area (Å²) in [6.07, 6.45) is 1.52. The van der Waals surface area contributed by atoms with E-state index in [1.165, 1.54) is 0 Å². The Labute approximate surface area is 134 Å². The lowest BCUT2D eigenvalue weighted by molar-refractivity contribution is -0.121. The highest BCUT2D eigenvalue weighted by atomic mass is 16.2. The van der Waals surface area contributed by atoms with Crippen molar-refractivity contribution in [1.82, 2.24) is 9.78 Å². The van der Waals surface area contributed by atoms with Crippen LogP contribution < -0.4 is 10.6 Å². The predicted octanol–water partition coefficient (Wildman–Crippen LogP) is 2.26. The van der Waals surface area contributed by atoms with Crippen LogP contribution in [0.5, 0.6) is 0 Å². The van der Waals surface area contributed by atoms with Crippen LogP contribution in [-0.2, 0) is 23.1 Å². The summed E-state index contributed by atoms with van der Waals surface area (Å²) in [5.41, 5.74) is 2.86. The van der Waals surface area contributed by atoms with Gasteiger partial charge in [-0.15, -0.1) is 0 Å². The first-order chi connectivity index (χ1) is 11.0. The number of rotatable bonds is 4. The number of nitrogens with one attached hydrogen (secondary N) is 2. The summed E-state index contributed by atoms with van der Waals surface area (Å²) < 4.78 is 1.64. The lowest BCUT2D eigenvalue weighted by Gasteiger charge is -2.24. The Hall–Kier alpha value is -2.63. The number of carbonyl (C=O) groups excluding carboxylic acids is 2. The molecule has 120 valence electrons. The largest absolute Gasteiger partial charge is 0.326 e. The molecule has 0 spiro atoms. The molecule has 6 nitrogen and oxygen atoms in total. The van der Waals surface area contributed by atoms with Crippen LogP contribution in [0.1, 0.15) is 24.1 Å². The van der Waals surface area contributed by atoms with Crippen LogP contribution in [0.3, 0.4) is 0 Å². The van der Waals surface area contributed by atoms with Crippen molar-refractivity contribution in [2.45, 2.75) is 26.2 Å². The fourth-order valence-electron chi connectivity index (χ4n) is 2.88. The lowest BCUT2D eigenvalue weighted by atomic mass is 9.89. The van der Waals surface area contributed by atoms with Gasteiger partial charge in [-0.25, -0.2) is 0 Å². The van der Waals surface area contributed by atoms with Gasteiger partial charge < -0.3 is 10.6 Å². The molecule has 0 radical (unpaired) electrons. The van der Waals surface area contributed by atoms with E-state index in [0.29, 0.717) is 25.1 Å². The summed E-state index contributed by atoms with van der Waals surface area (Å²) in [5, 5.41) is 9.93. The molecular formula is C17H20N4O2. The molecule has 1 aliphatic heterocycles. The van der Waals surface area contributed by atoms with E-state index in [1.807, 2.05) is 37.3 Å². The second-order valence-electron chi connectivity index (χ2n) is 5.93. The molecule has 1 unspecified atom stereocenters. The first-order valence-electron chi connectivity index (χ1n) is 7.72. The fraction of sp³-hybridized carbons (Fsp3) is 0.353. The Balaban J connectivity index is 1.57. The third kappa shape index (κ3) is 3.41. The molecule has 0 saturated heterocycles. The second-order valence-corrected chi connectivity index (χ2v) is 5.93. The molecule has 3 rings (SSSR count). The maximum atomic E-state index is 12.1. The first kappa shape index (κ1) is 15.3. The third-order valence-electron chi connectivity index (χ3n) is 4.10. The van der Waals surface area contributed by atoms with E-state index in [9.17, 15) is 9.59 Å². The van der Waals surface area contributed by atoms with Crippen LogP contribution in [-0.4, -0.2) is 21.6 Å². The third-order valence-corrected chi connectivity index (χ3v) is 4.10. The van der Waals surface area contributed by atoms with Crippen molar-refractivity contribution in [2.24, 2.45) is 13.0 Å². The number of aryl methyl sites for hydroxylation is 2. The van der Waals surface area contributed by atoms with Crippen LogP contribution >= 0.6 is 0 Å². The van der Waals surface area contributed by atoms with Gasteiger partial charge in [0.25, 0.3) is 0 Å². The average molecular weight is 312 g/mol. The predicted molar refractivity (Wildman–Crippen MR) is 88.1 cm³/mol. The number of anilines is 2. The number of hydrogen-bond acceptors (Lipinski definition) is 3. The smallest absolute Gasteiger partial charge is 0.227 e. The van der Waals surface area contributed by atoms with Crippen molar-refractivity contribution < 1.29 is 9.59 Å². The molecule has 2 amide bonds. The Kier molecular flexibility index (Phi) is 4.14. The van der Waals surface area contributed by atoms with Gasteiger partial charge in [0.1, 0.15) is 5.82 Å².